The lowest BCUT2D eigenvalue weighted by Gasteiger charge is -2.16. The summed E-state index contributed by atoms with van der Waals surface area (Å²) in [5, 5.41) is 11.5. The van der Waals surface area contributed by atoms with Crippen molar-refractivity contribution in [1.29, 1.82) is 0 Å². The highest BCUT2D eigenvalue weighted by molar-refractivity contribution is 4.75. The van der Waals surface area contributed by atoms with Crippen LogP contribution in [0.4, 0.5) is 0 Å². The van der Waals surface area contributed by atoms with Crippen molar-refractivity contribution < 1.29 is 0 Å². The summed E-state index contributed by atoms with van der Waals surface area (Å²) in [6.45, 7) is 4.38. The van der Waals surface area contributed by atoms with E-state index in [1.54, 1.807) is 6.20 Å². The van der Waals surface area contributed by atoms with Crippen LogP contribution < -0.4 is 5.32 Å². The minimum atomic E-state index is 0.748. The van der Waals surface area contributed by atoms with E-state index < -0.39 is 0 Å². The molecule has 2 unspecified atom stereocenters. The second-order valence-electron chi connectivity index (χ2n) is 5.83. The van der Waals surface area contributed by atoms with Gasteiger partial charge in [0.1, 0.15) is 0 Å². The Labute approximate surface area is 117 Å². The van der Waals surface area contributed by atoms with Crippen molar-refractivity contribution >= 4 is 0 Å². The summed E-state index contributed by atoms with van der Waals surface area (Å²) >= 11 is 0. The molecule has 1 heterocycles. The summed E-state index contributed by atoms with van der Waals surface area (Å²) in [4.78, 5) is 0. The van der Waals surface area contributed by atoms with Crippen LogP contribution in [0.5, 0.6) is 0 Å². The first kappa shape index (κ1) is 14.5. The minimum absolute atomic E-state index is 0.748. The summed E-state index contributed by atoms with van der Waals surface area (Å²) in [6.07, 6.45) is 14.6. The van der Waals surface area contributed by atoms with Crippen LogP contribution >= 0.6 is 0 Å². The fourth-order valence-electron chi connectivity index (χ4n) is 3.18. The zero-order valence-corrected chi connectivity index (χ0v) is 12.2. The second-order valence-corrected chi connectivity index (χ2v) is 5.83. The lowest BCUT2D eigenvalue weighted by atomic mass is 9.95. The lowest BCUT2D eigenvalue weighted by molar-refractivity contribution is 0.405. The number of nitrogens with zero attached hydrogens (tertiary/aromatic N) is 3. The van der Waals surface area contributed by atoms with Gasteiger partial charge in [-0.05, 0) is 38.1 Å². The van der Waals surface area contributed by atoms with Crippen LogP contribution in [-0.4, -0.2) is 27.6 Å². The number of hydrogen-bond acceptors (Lipinski definition) is 3. The van der Waals surface area contributed by atoms with E-state index in [0.29, 0.717) is 0 Å². The standard InChI is InChI=1S/C15H28N4/c1-2-5-14-6-3-7-15(9-8-14)16-10-4-12-19-13-11-17-18-19/h11,13-16H,2-10,12H2,1H3. The molecule has 0 aliphatic heterocycles. The quantitative estimate of drug-likeness (QED) is 0.608. The van der Waals surface area contributed by atoms with Gasteiger partial charge in [-0.2, -0.15) is 0 Å². The summed E-state index contributed by atoms with van der Waals surface area (Å²) in [5.41, 5.74) is 0. The maximum atomic E-state index is 3.98. The Bertz CT molecular complexity index is 323. The topological polar surface area (TPSA) is 42.7 Å². The summed E-state index contributed by atoms with van der Waals surface area (Å²) < 4.78 is 1.91. The molecule has 2 atom stereocenters. The van der Waals surface area contributed by atoms with Gasteiger partial charge >= 0.3 is 0 Å². The van der Waals surface area contributed by atoms with E-state index in [1.165, 1.54) is 44.9 Å². The highest BCUT2D eigenvalue weighted by atomic mass is 15.4. The molecule has 0 amide bonds. The molecule has 108 valence electrons. The van der Waals surface area contributed by atoms with Crippen LogP contribution in [-0.2, 0) is 6.54 Å². The van der Waals surface area contributed by atoms with Gasteiger partial charge in [-0.3, -0.25) is 4.68 Å². The molecule has 1 N–H and O–H groups in total. The number of rotatable bonds is 7. The van der Waals surface area contributed by atoms with Gasteiger partial charge in [-0.1, -0.05) is 37.8 Å². The monoisotopic (exact) mass is 264 g/mol. The van der Waals surface area contributed by atoms with Gasteiger partial charge in [-0.15, -0.1) is 5.10 Å². The third-order valence-corrected chi connectivity index (χ3v) is 4.25. The average Bonchev–Trinajstić information content (AvgIpc) is 2.83. The van der Waals surface area contributed by atoms with E-state index in [-0.39, 0.29) is 0 Å². The van der Waals surface area contributed by atoms with Crippen LogP contribution in [0.3, 0.4) is 0 Å². The van der Waals surface area contributed by atoms with E-state index in [4.69, 9.17) is 0 Å². The van der Waals surface area contributed by atoms with Gasteiger partial charge in [0, 0.05) is 18.8 Å². The first-order chi connectivity index (χ1) is 9.38. The Morgan fingerprint density at radius 1 is 1.26 bits per heavy atom. The summed E-state index contributed by atoms with van der Waals surface area (Å²) in [5.74, 6) is 0.993. The van der Waals surface area contributed by atoms with Crippen molar-refractivity contribution in [3.63, 3.8) is 0 Å². The summed E-state index contributed by atoms with van der Waals surface area (Å²) in [7, 11) is 0. The van der Waals surface area contributed by atoms with Crippen molar-refractivity contribution in [2.24, 2.45) is 5.92 Å². The molecule has 1 aromatic heterocycles. The largest absolute Gasteiger partial charge is 0.314 e. The van der Waals surface area contributed by atoms with Crippen LogP contribution in [0, 0.1) is 5.92 Å². The van der Waals surface area contributed by atoms with Gasteiger partial charge in [0.25, 0.3) is 0 Å². The Hall–Kier alpha value is -0.900. The predicted molar refractivity (Wildman–Crippen MR) is 77.9 cm³/mol. The molecule has 19 heavy (non-hydrogen) atoms. The molecule has 1 fully saturated rings. The van der Waals surface area contributed by atoms with Gasteiger partial charge < -0.3 is 5.32 Å². The van der Waals surface area contributed by atoms with Gasteiger partial charge in [-0.25, -0.2) is 0 Å². The highest BCUT2D eigenvalue weighted by Crippen LogP contribution is 2.26. The Balaban J connectivity index is 1.58. The third kappa shape index (κ3) is 5.31. The van der Waals surface area contributed by atoms with Crippen molar-refractivity contribution in [1.82, 2.24) is 20.3 Å². The normalized spacial score (nSPS) is 24.3. The van der Waals surface area contributed by atoms with Crippen LogP contribution in [0.25, 0.3) is 0 Å². The van der Waals surface area contributed by atoms with E-state index in [0.717, 1.165) is 31.5 Å². The van der Waals surface area contributed by atoms with Crippen LogP contribution in [0.1, 0.15) is 58.3 Å². The maximum Gasteiger partial charge on any atom is 0.0692 e. The number of aromatic nitrogens is 3. The fourth-order valence-corrected chi connectivity index (χ4v) is 3.18. The molecular weight excluding hydrogens is 236 g/mol. The van der Waals surface area contributed by atoms with Crippen LogP contribution in [0.15, 0.2) is 12.4 Å². The zero-order chi connectivity index (χ0) is 13.3. The van der Waals surface area contributed by atoms with Gasteiger partial charge in [0.2, 0.25) is 0 Å². The maximum absolute atomic E-state index is 3.98. The predicted octanol–water partition coefficient (Wildman–Crippen LogP) is 3.01. The molecule has 4 heteroatoms. The van der Waals surface area contributed by atoms with Crippen LogP contribution in [0.2, 0.25) is 0 Å². The smallest absolute Gasteiger partial charge is 0.0692 e. The van der Waals surface area contributed by atoms with Gasteiger partial charge in [0.15, 0.2) is 0 Å². The highest BCUT2D eigenvalue weighted by Gasteiger charge is 2.17. The molecule has 0 spiro atoms. The SMILES string of the molecule is CCCC1CCCC(NCCCn2ccnn2)CC1. The van der Waals surface area contributed by atoms with Crippen molar-refractivity contribution in [3.8, 4) is 0 Å². The Kier molecular flexibility index (Phi) is 6.34. The third-order valence-electron chi connectivity index (χ3n) is 4.25. The zero-order valence-electron chi connectivity index (χ0n) is 12.2. The molecule has 0 saturated heterocycles. The molecule has 1 aromatic rings. The number of nitrogens with one attached hydrogen (secondary N) is 1. The van der Waals surface area contributed by atoms with E-state index >= 15 is 0 Å². The molecule has 4 nitrogen and oxygen atoms in total. The first-order valence-electron chi connectivity index (χ1n) is 7.96. The van der Waals surface area contributed by atoms with Gasteiger partial charge in [0.05, 0.1) is 6.20 Å². The van der Waals surface area contributed by atoms with Crippen molar-refractivity contribution in [2.45, 2.75) is 70.9 Å². The second kappa shape index (κ2) is 8.31. The van der Waals surface area contributed by atoms with E-state index in [9.17, 15) is 0 Å². The molecular formula is C15H28N4. The minimum Gasteiger partial charge on any atom is -0.314 e. The van der Waals surface area contributed by atoms with E-state index in [1.807, 2.05) is 10.9 Å². The fraction of sp³-hybridized carbons (Fsp3) is 0.867. The molecule has 0 radical (unpaired) electrons. The number of aryl methyl sites for hydroxylation is 1. The molecule has 1 aliphatic rings. The van der Waals surface area contributed by atoms with E-state index in [2.05, 4.69) is 22.6 Å². The molecule has 2 rings (SSSR count). The molecule has 0 bridgehead atoms. The molecule has 1 saturated carbocycles. The molecule has 1 aliphatic carbocycles. The summed E-state index contributed by atoms with van der Waals surface area (Å²) in [6, 6.07) is 0.748. The molecule has 0 aromatic carbocycles. The first-order valence-corrected chi connectivity index (χ1v) is 7.96. The average molecular weight is 264 g/mol. The Morgan fingerprint density at radius 2 is 2.21 bits per heavy atom. The lowest BCUT2D eigenvalue weighted by Crippen LogP contribution is -2.30. The van der Waals surface area contributed by atoms with Crippen molar-refractivity contribution in [2.75, 3.05) is 6.54 Å². The number of hydrogen-bond donors (Lipinski definition) is 1. The van der Waals surface area contributed by atoms with Crippen molar-refractivity contribution in [3.05, 3.63) is 12.4 Å². The Morgan fingerprint density at radius 3 is 3.00 bits per heavy atom.